The van der Waals surface area contributed by atoms with Crippen LogP contribution in [0.2, 0.25) is 0 Å². The minimum absolute atomic E-state index is 0.0244. The summed E-state index contributed by atoms with van der Waals surface area (Å²) in [6.45, 7) is 3.95. The Hall–Kier alpha value is -1.53. The molecule has 2 rings (SSSR count). The number of likely N-dealkylation sites (N-methyl/N-ethyl adjacent to an activating group) is 1. The van der Waals surface area contributed by atoms with Gasteiger partial charge in [0.25, 0.3) is 0 Å². The molecular weight excluding hydrogens is 290 g/mol. The maximum atomic E-state index is 13.6. The first kappa shape index (κ1) is 16.8. The first-order valence-corrected chi connectivity index (χ1v) is 7.44. The largest absolute Gasteiger partial charge is 0.387 e. The number of benzene rings is 1. The van der Waals surface area contributed by atoms with Gasteiger partial charge in [-0.2, -0.15) is 0 Å². The lowest BCUT2D eigenvalue weighted by Crippen LogP contribution is -2.32. The summed E-state index contributed by atoms with van der Waals surface area (Å²) in [6, 6.07) is 3.08. The maximum Gasteiger partial charge on any atom is 0.219 e. The van der Waals surface area contributed by atoms with Gasteiger partial charge in [-0.05, 0) is 37.6 Å². The fourth-order valence-corrected chi connectivity index (χ4v) is 2.95. The molecule has 0 bridgehead atoms. The lowest BCUT2D eigenvalue weighted by molar-refractivity contribution is -0.127. The lowest BCUT2D eigenvalue weighted by atomic mass is 10.1. The number of carbonyl (C=O) groups excluding carboxylic acids is 1. The molecule has 0 spiro atoms. The molecule has 1 aromatic carbocycles. The lowest BCUT2D eigenvalue weighted by Gasteiger charge is -2.24. The van der Waals surface area contributed by atoms with E-state index in [0.717, 1.165) is 31.2 Å². The molecule has 0 saturated carbocycles. The molecule has 1 fully saturated rings. The maximum absolute atomic E-state index is 13.6. The highest BCUT2D eigenvalue weighted by molar-refractivity contribution is 5.73. The van der Waals surface area contributed by atoms with Crippen LogP contribution in [0.5, 0.6) is 0 Å². The first-order valence-electron chi connectivity index (χ1n) is 7.44. The van der Waals surface area contributed by atoms with Gasteiger partial charge in [-0.1, -0.05) is 0 Å². The number of halogens is 2. The highest BCUT2D eigenvalue weighted by atomic mass is 19.1. The highest BCUT2D eigenvalue weighted by Gasteiger charge is 2.26. The van der Waals surface area contributed by atoms with Crippen LogP contribution in [-0.2, 0) is 4.79 Å². The Bertz CT molecular complexity index is 539. The number of amides is 1. The summed E-state index contributed by atoms with van der Waals surface area (Å²) in [7, 11) is 1.83. The van der Waals surface area contributed by atoms with Gasteiger partial charge in [-0.3, -0.25) is 4.79 Å². The molecule has 4 nitrogen and oxygen atoms in total. The van der Waals surface area contributed by atoms with E-state index >= 15 is 0 Å². The smallest absolute Gasteiger partial charge is 0.219 e. The molecule has 122 valence electrons. The average Bonchev–Trinajstić information content (AvgIpc) is 2.89. The van der Waals surface area contributed by atoms with E-state index in [0.29, 0.717) is 19.0 Å². The van der Waals surface area contributed by atoms with Crippen molar-refractivity contribution in [3.8, 4) is 0 Å². The molecule has 6 heteroatoms. The van der Waals surface area contributed by atoms with Gasteiger partial charge in [0, 0.05) is 38.7 Å². The van der Waals surface area contributed by atoms with E-state index in [2.05, 4.69) is 0 Å². The van der Waals surface area contributed by atoms with Crippen LogP contribution in [0.4, 0.5) is 8.78 Å². The number of hydrogen-bond donors (Lipinski definition) is 1. The minimum atomic E-state index is -1.08. The third-order valence-electron chi connectivity index (χ3n) is 4.10. The quantitative estimate of drug-likeness (QED) is 0.901. The molecule has 0 aliphatic carbocycles. The predicted molar refractivity (Wildman–Crippen MR) is 79.2 cm³/mol. The Kier molecular flexibility index (Phi) is 5.47. The SMILES string of the molecule is CC(=O)N1CCC(CN(C)CC(O)c2cc(F)ccc2F)C1. The van der Waals surface area contributed by atoms with Crippen molar-refractivity contribution in [3.05, 3.63) is 35.4 Å². The topological polar surface area (TPSA) is 43.8 Å². The van der Waals surface area contributed by atoms with E-state index in [9.17, 15) is 18.7 Å². The summed E-state index contributed by atoms with van der Waals surface area (Å²) in [5.74, 6) is -0.748. The van der Waals surface area contributed by atoms with Crippen molar-refractivity contribution in [1.29, 1.82) is 0 Å². The molecule has 1 N–H and O–H groups in total. The highest BCUT2D eigenvalue weighted by Crippen LogP contribution is 2.21. The second-order valence-corrected chi connectivity index (χ2v) is 6.02. The summed E-state index contributed by atoms with van der Waals surface area (Å²) in [6.07, 6.45) is -0.153. The van der Waals surface area contributed by atoms with Gasteiger partial charge in [0.05, 0.1) is 6.10 Å². The minimum Gasteiger partial charge on any atom is -0.387 e. The molecule has 2 unspecified atom stereocenters. The van der Waals surface area contributed by atoms with Crippen LogP contribution in [0.25, 0.3) is 0 Å². The monoisotopic (exact) mass is 312 g/mol. The number of rotatable bonds is 5. The van der Waals surface area contributed by atoms with Gasteiger partial charge < -0.3 is 14.9 Å². The number of aliphatic hydroxyl groups is 1. The van der Waals surface area contributed by atoms with Crippen LogP contribution in [0.1, 0.15) is 25.0 Å². The molecule has 0 aromatic heterocycles. The second kappa shape index (κ2) is 7.15. The standard InChI is InChI=1S/C16H22F2N2O2/c1-11(21)20-6-5-12(9-20)8-19(2)10-16(22)14-7-13(17)3-4-15(14)18/h3-4,7,12,16,22H,5-6,8-10H2,1-2H3. The van der Waals surface area contributed by atoms with Gasteiger partial charge in [0.1, 0.15) is 11.6 Å². The molecule has 1 amide bonds. The van der Waals surface area contributed by atoms with Crippen LogP contribution < -0.4 is 0 Å². The van der Waals surface area contributed by atoms with Gasteiger partial charge >= 0.3 is 0 Å². The van der Waals surface area contributed by atoms with Gasteiger partial charge in [-0.25, -0.2) is 8.78 Å². The number of carbonyl (C=O) groups is 1. The molecule has 1 aliphatic heterocycles. The Morgan fingerprint density at radius 2 is 2.23 bits per heavy atom. The second-order valence-electron chi connectivity index (χ2n) is 6.02. The van der Waals surface area contributed by atoms with Crippen molar-refractivity contribution in [2.75, 3.05) is 33.2 Å². The summed E-state index contributed by atoms with van der Waals surface area (Å²) in [4.78, 5) is 15.0. The zero-order chi connectivity index (χ0) is 16.3. The van der Waals surface area contributed by atoms with Crippen LogP contribution in [0, 0.1) is 17.6 Å². The van der Waals surface area contributed by atoms with Crippen molar-refractivity contribution < 1.29 is 18.7 Å². The fourth-order valence-electron chi connectivity index (χ4n) is 2.95. The first-order chi connectivity index (χ1) is 10.4. The third-order valence-corrected chi connectivity index (χ3v) is 4.10. The summed E-state index contributed by atoms with van der Waals surface area (Å²) < 4.78 is 26.8. The Morgan fingerprint density at radius 3 is 2.86 bits per heavy atom. The molecule has 1 aromatic rings. The van der Waals surface area contributed by atoms with E-state index in [-0.39, 0.29) is 18.0 Å². The molecular formula is C16H22F2N2O2. The fraction of sp³-hybridized carbons (Fsp3) is 0.562. The van der Waals surface area contributed by atoms with E-state index in [1.165, 1.54) is 0 Å². The van der Waals surface area contributed by atoms with Crippen LogP contribution >= 0.6 is 0 Å². The zero-order valence-corrected chi connectivity index (χ0v) is 12.9. The predicted octanol–water partition coefficient (Wildman–Crippen LogP) is 1.80. The van der Waals surface area contributed by atoms with Crippen molar-refractivity contribution in [2.45, 2.75) is 19.4 Å². The Balaban J connectivity index is 1.88. The Morgan fingerprint density at radius 1 is 1.50 bits per heavy atom. The normalized spacial score (nSPS) is 19.7. The summed E-state index contributed by atoms with van der Waals surface area (Å²) in [5, 5.41) is 10.1. The van der Waals surface area contributed by atoms with Crippen LogP contribution in [0.3, 0.4) is 0 Å². The Labute approximate surface area is 129 Å². The van der Waals surface area contributed by atoms with Crippen molar-refractivity contribution in [1.82, 2.24) is 9.80 Å². The summed E-state index contributed by atoms with van der Waals surface area (Å²) >= 11 is 0. The summed E-state index contributed by atoms with van der Waals surface area (Å²) in [5.41, 5.74) is -0.0244. The molecule has 1 aliphatic rings. The van der Waals surface area contributed by atoms with Gasteiger partial charge in [0.15, 0.2) is 0 Å². The van der Waals surface area contributed by atoms with Crippen LogP contribution in [-0.4, -0.2) is 54.0 Å². The molecule has 2 atom stereocenters. The van der Waals surface area contributed by atoms with Crippen molar-refractivity contribution in [3.63, 3.8) is 0 Å². The molecule has 1 heterocycles. The van der Waals surface area contributed by atoms with Gasteiger partial charge in [-0.15, -0.1) is 0 Å². The van der Waals surface area contributed by atoms with Crippen LogP contribution in [0.15, 0.2) is 18.2 Å². The van der Waals surface area contributed by atoms with E-state index in [1.807, 2.05) is 11.9 Å². The number of aliphatic hydroxyl groups excluding tert-OH is 1. The van der Waals surface area contributed by atoms with Crippen molar-refractivity contribution >= 4 is 5.91 Å². The zero-order valence-electron chi connectivity index (χ0n) is 12.9. The van der Waals surface area contributed by atoms with E-state index < -0.39 is 17.7 Å². The van der Waals surface area contributed by atoms with Gasteiger partial charge in [0.2, 0.25) is 5.91 Å². The third kappa shape index (κ3) is 4.24. The molecule has 1 saturated heterocycles. The number of likely N-dealkylation sites (tertiary alicyclic amines) is 1. The van der Waals surface area contributed by atoms with E-state index in [1.54, 1.807) is 11.8 Å². The molecule has 22 heavy (non-hydrogen) atoms. The average molecular weight is 312 g/mol. The van der Waals surface area contributed by atoms with E-state index in [4.69, 9.17) is 0 Å². The number of nitrogens with zero attached hydrogens (tertiary/aromatic N) is 2. The molecule has 0 radical (unpaired) electrons. The van der Waals surface area contributed by atoms with Crippen molar-refractivity contribution in [2.24, 2.45) is 5.92 Å². The number of hydrogen-bond acceptors (Lipinski definition) is 3.